The van der Waals surface area contributed by atoms with Crippen LogP contribution >= 0.6 is 0 Å². The van der Waals surface area contributed by atoms with E-state index in [-0.39, 0.29) is 12.1 Å². The second-order valence-corrected chi connectivity index (χ2v) is 6.84. The highest BCUT2D eigenvalue weighted by Crippen LogP contribution is 2.29. The molecule has 0 spiro atoms. The molecule has 1 aromatic rings. The van der Waals surface area contributed by atoms with Crippen LogP contribution in [0.15, 0.2) is 36.2 Å². The van der Waals surface area contributed by atoms with Gasteiger partial charge in [-0.25, -0.2) is 4.39 Å². The van der Waals surface area contributed by atoms with E-state index >= 15 is 0 Å². The zero-order valence-corrected chi connectivity index (χ0v) is 14.0. The van der Waals surface area contributed by atoms with Crippen molar-refractivity contribution in [3.05, 3.63) is 47.3 Å². The van der Waals surface area contributed by atoms with Gasteiger partial charge in [0.15, 0.2) is 6.29 Å². The third kappa shape index (κ3) is 4.65. The molecule has 0 saturated carbocycles. The first-order valence-corrected chi connectivity index (χ1v) is 8.91. The van der Waals surface area contributed by atoms with Crippen LogP contribution in [0.5, 0.6) is 0 Å². The van der Waals surface area contributed by atoms with Crippen LogP contribution in [-0.2, 0) is 15.9 Å². The average Bonchev–Trinajstić information content (AvgIpc) is 2.62. The molecule has 23 heavy (non-hydrogen) atoms. The summed E-state index contributed by atoms with van der Waals surface area (Å²) in [6.07, 6.45) is 7.36. The quantitative estimate of drug-likeness (QED) is 0.729. The molecule has 2 aliphatic rings. The topological polar surface area (TPSA) is 18.5 Å². The van der Waals surface area contributed by atoms with Crippen molar-refractivity contribution in [2.75, 3.05) is 13.2 Å². The number of rotatable bonds is 5. The molecule has 1 aliphatic carbocycles. The Morgan fingerprint density at radius 3 is 2.43 bits per heavy atom. The average molecular weight is 318 g/mol. The van der Waals surface area contributed by atoms with Crippen LogP contribution in [-0.4, -0.2) is 13.2 Å². The monoisotopic (exact) mass is 318 g/mol. The molecule has 0 radical (unpaired) electrons. The van der Waals surface area contributed by atoms with E-state index in [1.165, 1.54) is 5.56 Å². The predicted molar refractivity (Wildman–Crippen MR) is 89.7 cm³/mol. The minimum atomic E-state index is -0.210. The molecule has 3 rings (SSSR count). The molecule has 1 aromatic carbocycles. The fourth-order valence-corrected chi connectivity index (χ4v) is 3.30. The molecule has 1 saturated heterocycles. The Morgan fingerprint density at radius 2 is 1.83 bits per heavy atom. The van der Waals surface area contributed by atoms with Gasteiger partial charge in [0.2, 0.25) is 0 Å². The summed E-state index contributed by atoms with van der Waals surface area (Å²) in [6, 6.07) is 8.58. The highest BCUT2D eigenvalue weighted by atomic mass is 19.1. The Morgan fingerprint density at radius 1 is 1.09 bits per heavy atom. The maximum Gasteiger partial charge on any atom is 0.183 e. The van der Waals surface area contributed by atoms with Crippen molar-refractivity contribution in [1.29, 1.82) is 0 Å². The molecule has 1 atom stereocenters. The van der Waals surface area contributed by atoms with E-state index in [4.69, 9.17) is 9.47 Å². The van der Waals surface area contributed by atoms with Gasteiger partial charge in [0.25, 0.3) is 0 Å². The van der Waals surface area contributed by atoms with Gasteiger partial charge in [0.1, 0.15) is 0 Å². The lowest BCUT2D eigenvalue weighted by Crippen LogP contribution is -2.26. The summed E-state index contributed by atoms with van der Waals surface area (Å²) in [6.45, 7) is 3.74. The summed E-state index contributed by atoms with van der Waals surface area (Å²) in [5, 5.41) is 0. The van der Waals surface area contributed by atoms with Crippen LogP contribution in [0.2, 0.25) is 0 Å². The zero-order valence-electron chi connectivity index (χ0n) is 14.0. The van der Waals surface area contributed by atoms with Crippen molar-refractivity contribution in [3.8, 4) is 0 Å². The molecule has 1 aliphatic heterocycles. The summed E-state index contributed by atoms with van der Waals surface area (Å²) in [5.74, 6) is 1.23. The van der Waals surface area contributed by atoms with Gasteiger partial charge in [-0.1, -0.05) is 37.3 Å². The SMILES string of the molecule is CC[C@H]1CO[C@H](c2ccc(CCC3CC=C(F)CC3)cc2)OC1. The van der Waals surface area contributed by atoms with Crippen LogP contribution in [0.4, 0.5) is 4.39 Å². The highest BCUT2D eigenvalue weighted by Gasteiger charge is 2.22. The van der Waals surface area contributed by atoms with Gasteiger partial charge < -0.3 is 9.47 Å². The van der Waals surface area contributed by atoms with Crippen molar-refractivity contribution in [2.24, 2.45) is 11.8 Å². The summed E-state index contributed by atoms with van der Waals surface area (Å²) in [5.41, 5.74) is 2.44. The van der Waals surface area contributed by atoms with E-state index in [0.29, 0.717) is 18.3 Å². The zero-order chi connectivity index (χ0) is 16.1. The maximum absolute atomic E-state index is 13.0. The number of hydrogen-bond acceptors (Lipinski definition) is 2. The van der Waals surface area contributed by atoms with Crippen LogP contribution in [0.3, 0.4) is 0 Å². The minimum absolute atomic E-state index is 0.0726. The molecule has 1 heterocycles. The number of allylic oxidation sites excluding steroid dienone is 2. The second-order valence-electron chi connectivity index (χ2n) is 6.84. The molecule has 0 amide bonds. The van der Waals surface area contributed by atoms with Crippen molar-refractivity contribution < 1.29 is 13.9 Å². The predicted octanol–water partition coefficient (Wildman–Crippen LogP) is 5.34. The second kappa shape index (κ2) is 8.07. The number of halogens is 1. The lowest BCUT2D eigenvalue weighted by molar-refractivity contribution is -0.205. The third-order valence-electron chi connectivity index (χ3n) is 5.10. The van der Waals surface area contributed by atoms with Gasteiger partial charge in [0.05, 0.1) is 19.0 Å². The van der Waals surface area contributed by atoms with Gasteiger partial charge in [0, 0.05) is 11.5 Å². The van der Waals surface area contributed by atoms with E-state index < -0.39 is 0 Å². The fraction of sp³-hybridized carbons (Fsp3) is 0.600. The van der Waals surface area contributed by atoms with E-state index in [9.17, 15) is 4.39 Å². The van der Waals surface area contributed by atoms with Crippen molar-refractivity contribution in [1.82, 2.24) is 0 Å². The lowest BCUT2D eigenvalue weighted by Gasteiger charge is -2.29. The molecule has 2 nitrogen and oxygen atoms in total. The molecular weight excluding hydrogens is 291 g/mol. The number of hydrogen-bond donors (Lipinski definition) is 0. The Kier molecular flexibility index (Phi) is 5.85. The maximum atomic E-state index is 13.0. The smallest absolute Gasteiger partial charge is 0.183 e. The summed E-state index contributed by atoms with van der Waals surface area (Å²) >= 11 is 0. The summed E-state index contributed by atoms with van der Waals surface area (Å²) in [4.78, 5) is 0. The minimum Gasteiger partial charge on any atom is -0.348 e. The molecule has 3 heteroatoms. The molecular formula is C20H27FO2. The number of aryl methyl sites for hydroxylation is 1. The molecule has 126 valence electrons. The Hall–Kier alpha value is -1.19. The number of benzene rings is 1. The van der Waals surface area contributed by atoms with E-state index in [1.54, 1.807) is 6.08 Å². The molecule has 1 fully saturated rings. The first-order chi connectivity index (χ1) is 11.2. The van der Waals surface area contributed by atoms with Crippen LogP contribution < -0.4 is 0 Å². The largest absolute Gasteiger partial charge is 0.348 e. The van der Waals surface area contributed by atoms with Crippen molar-refractivity contribution >= 4 is 0 Å². The fourth-order valence-electron chi connectivity index (χ4n) is 3.30. The normalized spacial score (nSPS) is 28.4. The Labute approximate surface area is 138 Å². The van der Waals surface area contributed by atoms with Crippen molar-refractivity contribution in [3.63, 3.8) is 0 Å². The van der Waals surface area contributed by atoms with E-state index in [0.717, 1.165) is 50.9 Å². The first kappa shape index (κ1) is 16.7. The molecule has 0 aromatic heterocycles. The van der Waals surface area contributed by atoms with E-state index in [1.807, 2.05) is 0 Å². The van der Waals surface area contributed by atoms with Crippen LogP contribution in [0.1, 0.15) is 56.4 Å². The Bertz CT molecular complexity index is 515. The highest BCUT2D eigenvalue weighted by molar-refractivity contribution is 5.23. The van der Waals surface area contributed by atoms with E-state index in [2.05, 4.69) is 31.2 Å². The lowest BCUT2D eigenvalue weighted by atomic mass is 9.88. The van der Waals surface area contributed by atoms with Gasteiger partial charge >= 0.3 is 0 Å². The third-order valence-corrected chi connectivity index (χ3v) is 5.10. The van der Waals surface area contributed by atoms with Crippen LogP contribution in [0.25, 0.3) is 0 Å². The van der Waals surface area contributed by atoms with Gasteiger partial charge in [-0.05, 0) is 50.0 Å². The van der Waals surface area contributed by atoms with Gasteiger partial charge in [-0.15, -0.1) is 0 Å². The number of ether oxygens (including phenoxy) is 2. The van der Waals surface area contributed by atoms with Crippen LogP contribution in [0, 0.1) is 11.8 Å². The summed E-state index contributed by atoms with van der Waals surface area (Å²) < 4.78 is 24.6. The van der Waals surface area contributed by atoms with Gasteiger partial charge in [-0.3, -0.25) is 0 Å². The Balaban J connectivity index is 1.47. The summed E-state index contributed by atoms with van der Waals surface area (Å²) in [7, 11) is 0. The molecule has 0 bridgehead atoms. The standard InChI is InChI=1S/C20H27FO2/c1-2-15-13-22-20(23-14-15)18-9-5-16(6-10-18)3-4-17-7-11-19(21)12-8-17/h5-6,9-11,15,17,20H,2-4,7-8,12-14H2,1H3/t15-,17?,20-. The van der Waals surface area contributed by atoms with Crippen molar-refractivity contribution in [2.45, 2.75) is 51.7 Å². The molecule has 0 N–H and O–H groups in total. The molecule has 1 unspecified atom stereocenters. The van der Waals surface area contributed by atoms with Gasteiger partial charge in [-0.2, -0.15) is 0 Å². The first-order valence-electron chi connectivity index (χ1n) is 8.91.